The van der Waals surface area contributed by atoms with E-state index < -0.39 is 0 Å². The summed E-state index contributed by atoms with van der Waals surface area (Å²) in [6, 6.07) is 7.35. The van der Waals surface area contributed by atoms with Crippen LogP contribution in [0.1, 0.15) is 12.0 Å². The molecule has 0 atom stereocenters. The number of carbonyl (C=O) groups is 1. The Bertz CT molecular complexity index is 985. The van der Waals surface area contributed by atoms with Gasteiger partial charge in [-0.1, -0.05) is 39.7 Å². The van der Waals surface area contributed by atoms with Crippen LogP contribution in [0.25, 0.3) is 11.0 Å². The van der Waals surface area contributed by atoms with Crippen LogP contribution in [0.4, 0.5) is 0 Å². The van der Waals surface area contributed by atoms with E-state index in [1.165, 1.54) is 17.1 Å². The highest BCUT2D eigenvalue weighted by molar-refractivity contribution is 9.09. The quantitative estimate of drug-likeness (QED) is 0.573. The molecule has 0 saturated heterocycles. The zero-order chi connectivity index (χ0) is 18.5. The first kappa shape index (κ1) is 18.6. The lowest BCUT2D eigenvalue weighted by Gasteiger charge is -2.07. The average molecular weight is 439 g/mol. The number of hydrogen-bond donors (Lipinski definition) is 1. The second kappa shape index (κ2) is 8.46. The summed E-state index contributed by atoms with van der Waals surface area (Å²) in [7, 11) is 0. The van der Waals surface area contributed by atoms with Crippen molar-refractivity contribution in [3.63, 3.8) is 0 Å². The molecule has 1 aromatic carbocycles. The number of aromatic nitrogens is 4. The Morgan fingerprint density at radius 3 is 2.96 bits per heavy atom. The van der Waals surface area contributed by atoms with Crippen LogP contribution in [0, 0.1) is 0 Å². The van der Waals surface area contributed by atoms with E-state index in [2.05, 4.69) is 31.3 Å². The van der Waals surface area contributed by atoms with Crippen LogP contribution >= 0.6 is 27.5 Å². The predicted octanol–water partition coefficient (Wildman–Crippen LogP) is 2.20. The van der Waals surface area contributed by atoms with E-state index in [4.69, 9.17) is 11.6 Å². The van der Waals surface area contributed by atoms with Crippen molar-refractivity contribution in [3.8, 4) is 0 Å². The van der Waals surface area contributed by atoms with Crippen molar-refractivity contribution in [1.29, 1.82) is 0 Å². The molecule has 3 aromatic rings. The summed E-state index contributed by atoms with van der Waals surface area (Å²) in [5.41, 5.74) is 1.26. The number of nitrogens with one attached hydrogen (secondary N) is 1. The van der Waals surface area contributed by atoms with Crippen LogP contribution < -0.4 is 10.9 Å². The lowest BCUT2D eigenvalue weighted by molar-refractivity contribution is -0.120. The number of rotatable bonds is 7. The average Bonchev–Trinajstić information content (AvgIpc) is 3.02. The van der Waals surface area contributed by atoms with Gasteiger partial charge in [-0.05, 0) is 17.7 Å². The summed E-state index contributed by atoms with van der Waals surface area (Å²) in [6.45, 7) is 1.26. The van der Waals surface area contributed by atoms with Crippen LogP contribution in [0.5, 0.6) is 0 Å². The first-order chi connectivity index (χ1) is 12.6. The van der Waals surface area contributed by atoms with Crippen molar-refractivity contribution in [2.45, 2.75) is 19.5 Å². The molecule has 0 radical (unpaired) electrons. The van der Waals surface area contributed by atoms with Gasteiger partial charge < -0.3 is 5.32 Å². The maximum Gasteiger partial charge on any atom is 0.264 e. The van der Waals surface area contributed by atoms with E-state index in [1.54, 1.807) is 10.7 Å². The van der Waals surface area contributed by atoms with Crippen molar-refractivity contribution in [2.24, 2.45) is 0 Å². The van der Waals surface area contributed by atoms with Crippen molar-refractivity contribution in [1.82, 2.24) is 24.6 Å². The highest BCUT2D eigenvalue weighted by atomic mass is 79.9. The van der Waals surface area contributed by atoms with Crippen LogP contribution in [-0.2, 0) is 17.9 Å². The van der Waals surface area contributed by atoms with Crippen LogP contribution in [-0.4, -0.2) is 37.1 Å². The Morgan fingerprint density at radius 1 is 1.35 bits per heavy atom. The third kappa shape index (κ3) is 4.31. The number of fused-ring (bicyclic) bond motifs is 1. The van der Waals surface area contributed by atoms with Crippen molar-refractivity contribution in [3.05, 3.63) is 57.7 Å². The van der Waals surface area contributed by atoms with Gasteiger partial charge in [0.25, 0.3) is 5.56 Å². The molecule has 0 spiro atoms. The Balaban J connectivity index is 1.76. The standard InChI is InChI=1S/C17H17BrClN5O2/c18-5-4-15(25)20-6-7-24-16-14(9-22-24)17(26)23(11-21-16)10-12-2-1-3-13(19)8-12/h1-3,8-9,11H,4-7,10H2,(H,20,25). The molecule has 1 N–H and O–H groups in total. The van der Waals surface area contributed by atoms with E-state index in [0.717, 1.165) is 5.56 Å². The van der Waals surface area contributed by atoms with Crippen molar-refractivity contribution >= 4 is 44.5 Å². The lowest BCUT2D eigenvalue weighted by Crippen LogP contribution is -2.27. The van der Waals surface area contributed by atoms with E-state index in [1.807, 2.05) is 18.2 Å². The maximum atomic E-state index is 12.7. The Kier molecular flexibility index (Phi) is 6.05. The monoisotopic (exact) mass is 437 g/mol. The molecule has 0 bridgehead atoms. The predicted molar refractivity (Wildman–Crippen MR) is 104 cm³/mol. The summed E-state index contributed by atoms with van der Waals surface area (Å²) in [4.78, 5) is 28.5. The highest BCUT2D eigenvalue weighted by Crippen LogP contribution is 2.12. The van der Waals surface area contributed by atoms with E-state index in [-0.39, 0.29) is 11.5 Å². The smallest absolute Gasteiger partial charge is 0.264 e. The first-order valence-corrected chi connectivity index (χ1v) is 9.56. The number of amides is 1. The van der Waals surface area contributed by atoms with Gasteiger partial charge in [0.15, 0.2) is 5.65 Å². The molecule has 2 aromatic heterocycles. The fraction of sp³-hybridized carbons (Fsp3) is 0.294. The topological polar surface area (TPSA) is 81.8 Å². The largest absolute Gasteiger partial charge is 0.354 e. The van der Waals surface area contributed by atoms with Gasteiger partial charge in [-0.3, -0.25) is 14.2 Å². The minimum absolute atomic E-state index is 0.0322. The SMILES string of the molecule is O=C(CCBr)NCCn1ncc2c(=O)n(Cc3cccc(Cl)c3)cnc21. The molecule has 0 unspecified atom stereocenters. The second-order valence-electron chi connectivity index (χ2n) is 5.70. The van der Waals surface area contributed by atoms with Crippen LogP contribution in [0.3, 0.4) is 0 Å². The molecule has 0 fully saturated rings. The van der Waals surface area contributed by atoms with Crippen molar-refractivity contribution in [2.75, 3.05) is 11.9 Å². The molecule has 1 amide bonds. The van der Waals surface area contributed by atoms with Gasteiger partial charge in [0, 0.05) is 23.3 Å². The molecule has 2 heterocycles. The van der Waals surface area contributed by atoms with Gasteiger partial charge in [-0.2, -0.15) is 5.10 Å². The van der Waals surface area contributed by atoms with E-state index in [9.17, 15) is 9.59 Å². The van der Waals surface area contributed by atoms with Crippen LogP contribution in [0.2, 0.25) is 5.02 Å². The molecule has 0 aliphatic heterocycles. The summed E-state index contributed by atoms with van der Waals surface area (Å²) < 4.78 is 3.15. The van der Waals surface area contributed by atoms with E-state index in [0.29, 0.717) is 47.4 Å². The van der Waals surface area contributed by atoms with Gasteiger partial charge in [0.1, 0.15) is 11.7 Å². The molecule has 0 aliphatic carbocycles. The van der Waals surface area contributed by atoms with Gasteiger partial charge >= 0.3 is 0 Å². The van der Waals surface area contributed by atoms with Gasteiger partial charge in [-0.25, -0.2) is 9.67 Å². The fourth-order valence-electron chi connectivity index (χ4n) is 2.58. The zero-order valence-electron chi connectivity index (χ0n) is 13.9. The third-order valence-electron chi connectivity index (χ3n) is 3.83. The van der Waals surface area contributed by atoms with E-state index >= 15 is 0 Å². The summed E-state index contributed by atoms with van der Waals surface area (Å²) in [5, 5.41) is 8.71. The highest BCUT2D eigenvalue weighted by Gasteiger charge is 2.11. The number of benzene rings is 1. The van der Waals surface area contributed by atoms with Gasteiger partial charge in [0.2, 0.25) is 5.91 Å². The number of carbonyl (C=O) groups excluding carboxylic acids is 1. The lowest BCUT2D eigenvalue weighted by atomic mass is 10.2. The fourth-order valence-corrected chi connectivity index (χ4v) is 3.15. The first-order valence-electron chi connectivity index (χ1n) is 8.06. The minimum atomic E-state index is -0.162. The number of halogens is 2. The number of alkyl halides is 1. The molecule has 136 valence electrons. The molecule has 0 saturated carbocycles. The Hall–Kier alpha value is -2.19. The molecule has 7 nitrogen and oxygen atoms in total. The van der Waals surface area contributed by atoms with Crippen molar-refractivity contribution < 1.29 is 4.79 Å². The zero-order valence-corrected chi connectivity index (χ0v) is 16.2. The molecule has 0 aliphatic rings. The minimum Gasteiger partial charge on any atom is -0.354 e. The number of nitrogens with zero attached hydrogens (tertiary/aromatic N) is 4. The normalized spacial score (nSPS) is 11.0. The van der Waals surface area contributed by atoms with Crippen LogP contribution in [0.15, 0.2) is 41.6 Å². The van der Waals surface area contributed by atoms with Gasteiger partial charge in [0.05, 0.1) is 19.3 Å². The second-order valence-corrected chi connectivity index (χ2v) is 6.93. The summed E-state index contributed by atoms with van der Waals surface area (Å²) in [5.74, 6) is -0.0322. The molecular weight excluding hydrogens is 422 g/mol. The Morgan fingerprint density at radius 2 is 2.19 bits per heavy atom. The van der Waals surface area contributed by atoms with Gasteiger partial charge in [-0.15, -0.1) is 0 Å². The maximum absolute atomic E-state index is 12.7. The molecule has 3 rings (SSSR count). The molecule has 26 heavy (non-hydrogen) atoms. The summed E-state index contributed by atoms with van der Waals surface area (Å²) in [6.07, 6.45) is 3.44. The summed E-state index contributed by atoms with van der Waals surface area (Å²) >= 11 is 9.21. The third-order valence-corrected chi connectivity index (χ3v) is 4.46. The molecular formula is C17H17BrClN5O2. The number of hydrogen-bond acceptors (Lipinski definition) is 4. The Labute approximate surface area is 163 Å². The molecule has 9 heteroatoms.